The van der Waals surface area contributed by atoms with Gasteiger partial charge in [-0.15, -0.1) is 0 Å². The first-order valence-corrected chi connectivity index (χ1v) is 7.79. The highest BCUT2D eigenvalue weighted by atomic mass is 79.9. The molecule has 0 aliphatic rings. The Morgan fingerprint density at radius 1 is 1.38 bits per heavy atom. The normalized spacial score (nSPS) is 11.8. The quantitative estimate of drug-likeness (QED) is 0.735. The minimum atomic E-state index is -0.388. The van der Waals surface area contributed by atoms with Gasteiger partial charge in [-0.3, -0.25) is 4.79 Å². The number of nitrogens with one attached hydrogen (secondary N) is 1. The van der Waals surface area contributed by atoms with E-state index < -0.39 is 0 Å². The number of carbonyl (C=O) groups is 2. The summed E-state index contributed by atoms with van der Waals surface area (Å²) in [7, 11) is 0. The molecule has 0 saturated heterocycles. The van der Waals surface area contributed by atoms with E-state index in [0.717, 1.165) is 12.8 Å². The fourth-order valence-electron chi connectivity index (χ4n) is 1.87. The molecule has 3 N–H and O–H groups in total. The van der Waals surface area contributed by atoms with Crippen LogP contribution in [0.2, 0.25) is 0 Å². The molecule has 0 aliphatic heterocycles. The zero-order valence-corrected chi connectivity index (χ0v) is 13.9. The van der Waals surface area contributed by atoms with Gasteiger partial charge in [-0.25, -0.2) is 4.79 Å². The van der Waals surface area contributed by atoms with Gasteiger partial charge in [0.15, 0.2) is 0 Å². The topological polar surface area (TPSA) is 81.4 Å². The molecule has 1 atom stereocenters. The Bertz CT molecular complexity index is 506. The van der Waals surface area contributed by atoms with E-state index in [2.05, 4.69) is 21.2 Å². The number of carbonyl (C=O) groups excluding carboxylic acids is 2. The number of nitrogens with two attached hydrogens (primary N) is 1. The van der Waals surface area contributed by atoms with E-state index in [0.29, 0.717) is 22.3 Å². The van der Waals surface area contributed by atoms with E-state index in [1.54, 1.807) is 25.1 Å². The monoisotopic (exact) mass is 356 g/mol. The zero-order chi connectivity index (χ0) is 15.8. The second kappa shape index (κ2) is 8.79. The molecule has 21 heavy (non-hydrogen) atoms. The van der Waals surface area contributed by atoms with Crippen molar-refractivity contribution in [2.24, 2.45) is 5.73 Å². The summed E-state index contributed by atoms with van der Waals surface area (Å²) >= 11 is 3.34. The number of esters is 1. The molecule has 6 heteroatoms. The van der Waals surface area contributed by atoms with Gasteiger partial charge in [0.1, 0.15) is 0 Å². The first-order chi connectivity index (χ1) is 9.97. The van der Waals surface area contributed by atoms with Crippen LogP contribution in [0.15, 0.2) is 22.7 Å². The average Bonchev–Trinajstić information content (AvgIpc) is 2.41. The van der Waals surface area contributed by atoms with E-state index in [1.807, 2.05) is 6.92 Å². The van der Waals surface area contributed by atoms with Crippen LogP contribution in [0.25, 0.3) is 0 Å². The first kappa shape index (κ1) is 17.7. The van der Waals surface area contributed by atoms with Gasteiger partial charge in [-0.05, 0) is 47.5 Å². The fraction of sp³-hybridized carbons (Fsp3) is 0.467. The second-order valence-corrected chi connectivity index (χ2v) is 5.57. The van der Waals surface area contributed by atoms with Crippen LogP contribution in [0.5, 0.6) is 0 Å². The summed E-state index contributed by atoms with van der Waals surface area (Å²) in [5.74, 6) is -0.526. The molecule has 0 heterocycles. The molecule has 0 saturated carbocycles. The molecule has 0 aromatic heterocycles. The van der Waals surface area contributed by atoms with Gasteiger partial charge in [-0.1, -0.05) is 13.3 Å². The predicted molar refractivity (Wildman–Crippen MR) is 86.2 cm³/mol. The average molecular weight is 357 g/mol. The summed E-state index contributed by atoms with van der Waals surface area (Å²) in [6.45, 7) is 4.10. The third kappa shape index (κ3) is 5.85. The standard InChI is InChI=1S/C15H21BrN2O3/c1-3-5-11(17)9-14(19)18-13-7-6-10(8-12(13)16)15(20)21-4-2/h6-8,11H,3-5,9,17H2,1-2H3,(H,18,19). The molecule has 0 aliphatic carbocycles. The molecule has 0 spiro atoms. The Morgan fingerprint density at radius 2 is 2.10 bits per heavy atom. The largest absolute Gasteiger partial charge is 0.462 e. The summed E-state index contributed by atoms with van der Waals surface area (Å²) in [5.41, 5.74) is 6.88. The minimum Gasteiger partial charge on any atom is -0.462 e. The molecule has 1 rings (SSSR count). The Balaban J connectivity index is 2.68. The number of halogens is 1. The molecule has 116 valence electrons. The predicted octanol–water partition coefficient (Wildman–Crippen LogP) is 3.08. The van der Waals surface area contributed by atoms with Crippen LogP contribution >= 0.6 is 15.9 Å². The van der Waals surface area contributed by atoms with E-state index >= 15 is 0 Å². The van der Waals surface area contributed by atoms with E-state index in [-0.39, 0.29) is 24.3 Å². The third-order valence-electron chi connectivity index (χ3n) is 2.86. The molecular weight excluding hydrogens is 336 g/mol. The van der Waals surface area contributed by atoms with Crippen molar-refractivity contribution in [2.75, 3.05) is 11.9 Å². The number of hydrogen-bond donors (Lipinski definition) is 2. The fourth-order valence-corrected chi connectivity index (χ4v) is 2.35. The van der Waals surface area contributed by atoms with Gasteiger partial charge < -0.3 is 15.8 Å². The lowest BCUT2D eigenvalue weighted by Crippen LogP contribution is -2.27. The number of benzene rings is 1. The Labute approximate surface area is 133 Å². The van der Waals surface area contributed by atoms with Gasteiger partial charge in [-0.2, -0.15) is 0 Å². The van der Waals surface area contributed by atoms with E-state index in [9.17, 15) is 9.59 Å². The van der Waals surface area contributed by atoms with Crippen LogP contribution in [0.4, 0.5) is 5.69 Å². The maximum absolute atomic E-state index is 11.9. The number of anilines is 1. The highest BCUT2D eigenvalue weighted by Crippen LogP contribution is 2.24. The van der Waals surface area contributed by atoms with Crippen LogP contribution in [0.3, 0.4) is 0 Å². The van der Waals surface area contributed by atoms with Crippen LogP contribution in [-0.4, -0.2) is 24.5 Å². The summed E-state index contributed by atoms with van der Waals surface area (Å²) in [5, 5.41) is 2.78. The number of amides is 1. The maximum atomic E-state index is 11.9. The number of ether oxygens (including phenoxy) is 1. The lowest BCUT2D eigenvalue weighted by Gasteiger charge is -2.12. The van der Waals surface area contributed by atoms with E-state index in [1.165, 1.54) is 0 Å². The molecule has 1 aromatic carbocycles. The summed E-state index contributed by atoms with van der Waals surface area (Å²) in [4.78, 5) is 23.5. The molecule has 1 unspecified atom stereocenters. The second-order valence-electron chi connectivity index (χ2n) is 4.72. The van der Waals surface area contributed by atoms with Crippen molar-refractivity contribution in [3.63, 3.8) is 0 Å². The van der Waals surface area contributed by atoms with Crippen molar-refractivity contribution >= 4 is 33.5 Å². The SMILES string of the molecule is CCCC(N)CC(=O)Nc1ccc(C(=O)OCC)cc1Br. The highest BCUT2D eigenvalue weighted by molar-refractivity contribution is 9.10. The summed E-state index contributed by atoms with van der Waals surface area (Å²) < 4.78 is 5.55. The smallest absolute Gasteiger partial charge is 0.338 e. The summed E-state index contributed by atoms with van der Waals surface area (Å²) in [6, 6.07) is 4.77. The number of rotatable bonds is 7. The first-order valence-electron chi connectivity index (χ1n) is 7.00. The van der Waals surface area contributed by atoms with Crippen LogP contribution < -0.4 is 11.1 Å². The molecule has 1 amide bonds. The molecule has 0 radical (unpaired) electrons. The zero-order valence-electron chi connectivity index (χ0n) is 12.3. The Kier molecular flexibility index (Phi) is 7.39. The Hall–Kier alpha value is -1.40. The lowest BCUT2D eigenvalue weighted by atomic mass is 10.1. The van der Waals surface area contributed by atoms with Crippen molar-refractivity contribution < 1.29 is 14.3 Å². The van der Waals surface area contributed by atoms with Gasteiger partial charge in [0.05, 0.1) is 17.9 Å². The third-order valence-corrected chi connectivity index (χ3v) is 3.52. The van der Waals surface area contributed by atoms with Crippen LogP contribution in [0.1, 0.15) is 43.5 Å². The van der Waals surface area contributed by atoms with Gasteiger partial charge in [0.25, 0.3) is 0 Å². The molecule has 5 nitrogen and oxygen atoms in total. The van der Waals surface area contributed by atoms with Crippen molar-refractivity contribution in [2.45, 2.75) is 39.2 Å². The van der Waals surface area contributed by atoms with Gasteiger partial charge in [0, 0.05) is 16.9 Å². The lowest BCUT2D eigenvalue weighted by molar-refractivity contribution is -0.116. The van der Waals surface area contributed by atoms with Gasteiger partial charge in [0.2, 0.25) is 5.91 Å². The van der Waals surface area contributed by atoms with Gasteiger partial charge >= 0.3 is 5.97 Å². The Morgan fingerprint density at radius 3 is 2.67 bits per heavy atom. The maximum Gasteiger partial charge on any atom is 0.338 e. The van der Waals surface area contributed by atoms with Crippen molar-refractivity contribution in [3.05, 3.63) is 28.2 Å². The highest BCUT2D eigenvalue weighted by Gasteiger charge is 2.13. The minimum absolute atomic E-state index is 0.132. The van der Waals surface area contributed by atoms with E-state index in [4.69, 9.17) is 10.5 Å². The molecule has 0 fully saturated rings. The van der Waals surface area contributed by atoms with Crippen LogP contribution in [-0.2, 0) is 9.53 Å². The number of hydrogen-bond acceptors (Lipinski definition) is 4. The summed E-state index contributed by atoms with van der Waals surface area (Å²) in [6.07, 6.45) is 2.04. The van der Waals surface area contributed by atoms with Crippen molar-refractivity contribution in [1.29, 1.82) is 0 Å². The molecule has 1 aromatic rings. The molecular formula is C15H21BrN2O3. The van der Waals surface area contributed by atoms with Crippen molar-refractivity contribution in [1.82, 2.24) is 0 Å². The van der Waals surface area contributed by atoms with Crippen molar-refractivity contribution in [3.8, 4) is 0 Å². The molecule has 0 bridgehead atoms. The van der Waals surface area contributed by atoms with Crippen LogP contribution in [0, 0.1) is 0 Å².